The zero-order valence-electron chi connectivity index (χ0n) is 11.4. The molecule has 0 atom stereocenters. The molecule has 2 aromatic rings. The largest absolute Gasteiger partial charge is 0.493 e. The number of methoxy groups -OCH3 is 1. The van der Waals surface area contributed by atoms with Gasteiger partial charge in [0.05, 0.1) is 7.11 Å². The molecule has 0 amide bonds. The average molecular weight is 249 g/mol. The fraction of sp³-hybridized carbons (Fsp3) is 0.333. The molecule has 0 radical (unpaired) electrons. The van der Waals surface area contributed by atoms with Gasteiger partial charge in [-0.2, -0.15) is 0 Å². The standard InChI is InChI=1S/C13H14FNO.C2H6/c1-3-8-6-10(15)7-9-4-5-11(14)13(16-2)12(8)9;1-2/h4-7H,3,15H2,1-2H3;1-2H3. The number of benzene rings is 2. The van der Waals surface area contributed by atoms with Gasteiger partial charge in [0, 0.05) is 11.1 Å². The van der Waals surface area contributed by atoms with Crippen LogP contribution in [0.2, 0.25) is 0 Å². The van der Waals surface area contributed by atoms with Gasteiger partial charge < -0.3 is 10.5 Å². The number of aryl methyl sites for hydroxylation is 1. The molecule has 98 valence electrons. The van der Waals surface area contributed by atoms with Crippen LogP contribution in [-0.2, 0) is 6.42 Å². The van der Waals surface area contributed by atoms with Crippen molar-refractivity contribution in [2.75, 3.05) is 12.8 Å². The van der Waals surface area contributed by atoms with Crippen molar-refractivity contribution in [2.45, 2.75) is 27.2 Å². The number of nitrogens with two attached hydrogens (primary N) is 1. The van der Waals surface area contributed by atoms with Crippen molar-refractivity contribution in [3.63, 3.8) is 0 Å². The molecule has 0 bridgehead atoms. The summed E-state index contributed by atoms with van der Waals surface area (Å²) in [4.78, 5) is 0. The van der Waals surface area contributed by atoms with E-state index in [0.717, 1.165) is 22.8 Å². The van der Waals surface area contributed by atoms with Crippen molar-refractivity contribution in [2.24, 2.45) is 0 Å². The lowest BCUT2D eigenvalue weighted by molar-refractivity contribution is 0.391. The molecular weight excluding hydrogens is 229 g/mol. The van der Waals surface area contributed by atoms with Crippen molar-refractivity contribution in [1.29, 1.82) is 0 Å². The Morgan fingerprint density at radius 1 is 1.22 bits per heavy atom. The van der Waals surface area contributed by atoms with Gasteiger partial charge in [-0.05, 0) is 35.6 Å². The molecule has 18 heavy (non-hydrogen) atoms. The van der Waals surface area contributed by atoms with Crippen LogP contribution in [0.25, 0.3) is 10.8 Å². The first-order chi connectivity index (χ1) is 8.67. The molecule has 0 aliphatic carbocycles. The maximum atomic E-state index is 13.6. The van der Waals surface area contributed by atoms with Crippen LogP contribution in [0.1, 0.15) is 26.3 Å². The predicted molar refractivity (Wildman–Crippen MR) is 75.6 cm³/mol. The first kappa shape index (κ1) is 14.3. The summed E-state index contributed by atoms with van der Waals surface area (Å²) in [5, 5.41) is 1.73. The van der Waals surface area contributed by atoms with Gasteiger partial charge in [0.25, 0.3) is 0 Å². The van der Waals surface area contributed by atoms with Crippen molar-refractivity contribution in [3.05, 3.63) is 35.6 Å². The Hall–Kier alpha value is -1.77. The average Bonchev–Trinajstić information content (AvgIpc) is 2.40. The smallest absolute Gasteiger partial charge is 0.165 e. The Morgan fingerprint density at radius 3 is 2.44 bits per heavy atom. The molecule has 0 aliphatic rings. The van der Waals surface area contributed by atoms with E-state index < -0.39 is 0 Å². The highest BCUT2D eigenvalue weighted by molar-refractivity contribution is 5.93. The number of ether oxygens (including phenoxy) is 1. The minimum Gasteiger partial charge on any atom is -0.493 e. The molecule has 2 rings (SSSR count). The summed E-state index contributed by atoms with van der Waals surface area (Å²) in [7, 11) is 1.48. The van der Waals surface area contributed by atoms with Gasteiger partial charge in [0.1, 0.15) is 0 Å². The number of anilines is 1. The quantitative estimate of drug-likeness (QED) is 0.811. The first-order valence-corrected chi connectivity index (χ1v) is 6.22. The number of hydrogen-bond acceptors (Lipinski definition) is 2. The van der Waals surface area contributed by atoms with Crippen molar-refractivity contribution < 1.29 is 9.13 Å². The van der Waals surface area contributed by atoms with E-state index in [1.165, 1.54) is 13.2 Å². The highest BCUT2D eigenvalue weighted by Gasteiger charge is 2.11. The topological polar surface area (TPSA) is 35.2 Å². The molecule has 0 aliphatic heterocycles. The predicted octanol–water partition coefficient (Wildman–Crippen LogP) is 4.16. The van der Waals surface area contributed by atoms with E-state index in [2.05, 4.69) is 0 Å². The molecule has 2 nitrogen and oxygen atoms in total. The summed E-state index contributed by atoms with van der Waals surface area (Å²) in [5.74, 6) is -0.0381. The van der Waals surface area contributed by atoms with E-state index in [-0.39, 0.29) is 5.82 Å². The van der Waals surface area contributed by atoms with Gasteiger partial charge in [-0.15, -0.1) is 0 Å². The highest BCUT2D eigenvalue weighted by atomic mass is 19.1. The van der Waals surface area contributed by atoms with Crippen LogP contribution in [0, 0.1) is 5.82 Å². The van der Waals surface area contributed by atoms with E-state index in [1.807, 2.05) is 32.9 Å². The molecule has 0 spiro atoms. The Kier molecular flexibility index (Phi) is 4.95. The Balaban J connectivity index is 0.000000771. The van der Waals surface area contributed by atoms with Crippen LogP contribution >= 0.6 is 0 Å². The molecule has 0 saturated carbocycles. The summed E-state index contributed by atoms with van der Waals surface area (Å²) in [6, 6.07) is 6.82. The number of hydrogen-bond donors (Lipinski definition) is 1. The van der Waals surface area contributed by atoms with Crippen LogP contribution < -0.4 is 10.5 Å². The molecular formula is C15H20FNO. The molecule has 0 aromatic heterocycles. The second kappa shape index (κ2) is 6.24. The maximum absolute atomic E-state index is 13.6. The first-order valence-electron chi connectivity index (χ1n) is 6.22. The van der Waals surface area contributed by atoms with Gasteiger partial charge in [-0.3, -0.25) is 0 Å². The highest BCUT2D eigenvalue weighted by Crippen LogP contribution is 2.33. The summed E-state index contributed by atoms with van der Waals surface area (Å²) in [6.45, 7) is 6.01. The SMILES string of the molecule is CC.CCc1cc(N)cc2ccc(F)c(OC)c12. The van der Waals surface area contributed by atoms with Gasteiger partial charge in [0.2, 0.25) is 0 Å². The number of nitrogen functional groups attached to an aromatic ring is 1. The molecule has 3 heteroatoms. The zero-order chi connectivity index (χ0) is 13.7. The Morgan fingerprint density at radius 2 is 1.89 bits per heavy atom. The fourth-order valence-corrected chi connectivity index (χ4v) is 2.00. The van der Waals surface area contributed by atoms with Crippen LogP contribution in [0.5, 0.6) is 5.75 Å². The lowest BCUT2D eigenvalue weighted by Crippen LogP contribution is -1.95. The second-order valence-corrected chi connectivity index (χ2v) is 3.71. The molecule has 0 saturated heterocycles. The second-order valence-electron chi connectivity index (χ2n) is 3.71. The van der Waals surface area contributed by atoms with E-state index in [9.17, 15) is 4.39 Å². The third-order valence-corrected chi connectivity index (χ3v) is 2.71. The molecule has 2 N–H and O–H groups in total. The minimum atomic E-state index is -0.338. The summed E-state index contributed by atoms with van der Waals surface area (Å²) in [6.07, 6.45) is 0.793. The molecule has 2 aromatic carbocycles. The third kappa shape index (κ3) is 2.55. The Bertz CT molecular complexity index is 537. The molecule has 0 fully saturated rings. The van der Waals surface area contributed by atoms with Gasteiger partial charge in [-0.25, -0.2) is 4.39 Å². The van der Waals surface area contributed by atoms with Crippen molar-refractivity contribution in [1.82, 2.24) is 0 Å². The van der Waals surface area contributed by atoms with Crippen LogP contribution in [0.4, 0.5) is 10.1 Å². The number of fused-ring (bicyclic) bond motifs is 1. The number of rotatable bonds is 2. The Labute approximate surface area is 108 Å². The summed E-state index contributed by atoms with van der Waals surface area (Å²) >= 11 is 0. The van der Waals surface area contributed by atoms with Crippen molar-refractivity contribution >= 4 is 16.5 Å². The lowest BCUT2D eigenvalue weighted by atomic mass is 10.0. The fourth-order valence-electron chi connectivity index (χ4n) is 2.00. The normalized spacial score (nSPS) is 9.83. The van der Waals surface area contributed by atoms with E-state index in [1.54, 1.807) is 6.07 Å². The molecule has 0 heterocycles. The zero-order valence-corrected chi connectivity index (χ0v) is 11.4. The minimum absolute atomic E-state index is 0.300. The monoisotopic (exact) mass is 249 g/mol. The maximum Gasteiger partial charge on any atom is 0.165 e. The summed E-state index contributed by atoms with van der Waals surface area (Å²) in [5.41, 5.74) is 7.49. The van der Waals surface area contributed by atoms with Crippen LogP contribution in [-0.4, -0.2) is 7.11 Å². The van der Waals surface area contributed by atoms with Gasteiger partial charge in [0.15, 0.2) is 11.6 Å². The molecule has 0 unspecified atom stereocenters. The summed E-state index contributed by atoms with van der Waals surface area (Å²) < 4.78 is 18.7. The lowest BCUT2D eigenvalue weighted by Gasteiger charge is -2.11. The van der Waals surface area contributed by atoms with Gasteiger partial charge >= 0.3 is 0 Å². The van der Waals surface area contributed by atoms with Crippen molar-refractivity contribution in [3.8, 4) is 5.75 Å². The van der Waals surface area contributed by atoms with E-state index in [4.69, 9.17) is 10.5 Å². The van der Waals surface area contributed by atoms with Gasteiger partial charge in [-0.1, -0.05) is 26.8 Å². The van der Waals surface area contributed by atoms with Crippen LogP contribution in [0.3, 0.4) is 0 Å². The third-order valence-electron chi connectivity index (χ3n) is 2.71. The van der Waals surface area contributed by atoms with E-state index in [0.29, 0.717) is 11.4 Å². The van der Waals surface area contributed by atoms with E-state index >= 15 is 0 Å². The number of halogens is 1. The van der Waals surface area contributed by atoms with Crippen LogP contribution in [0.15, 0.2) is 24.3 Å².